The number of ether oxygens (including phenoxy) is 2. The average molecular weight is 198 g/mol. The van der Waals surface area contributed by atoms with E-state index in [1.165, 1.54) is 6.26 Å². The Hall–Kier alpha value is -1.23. The fraction of sp³-hybridized carbons (Fsp3) is 0.667. The van der Waals surface area contributed by atoms with Crippen LogP contribution in [0.2, 0.25) is 0 Å². The number of carbonyl (C=O) groups excluding carboxylic acids is 1. The van der Waals surface area contributed by atoms with E-state index in [0.717, 1.165) is 26.2 Å². The summed E-state index contributed by atoms with van der Waals surface area (Å²) in [7, 11) is 0. The molecule has 0 atom stereocenters. The average Bonchev–Trinajstić information content (AvgIpc) is 2.30. The van der Waals surface area contributed by atoms with Gasteiger partial charge in [0.25, 0.3) is 5.91 Å². The third kappa shape index (κ3) is 1.98. The maximum atomic E-state index is 11.8. The second-order valence-electron chi connectivity index (χ2n) is 3.24. The summed E-state index contributed by atoms with van der Waals surface area (Å²) in [6.45, 7) is 4.15. The molecule has 1 saturated heterocycles. The molecule has 1 N–H and O–H groups in total. The zero-order valence-corrected chi connectivity index (χ0v) is 7.99. The molecule has 1 fully saturated rings. The summed E-state index contributed by atoms with van der Waals surface area (Å²) >= 11 is 0. The number of piperazine rings is 1. The Morgan fingerprint density at radius 1 is 1.36 bits per heavy atom. The maximum absolute atomic E-state index is 11.8. The van der Waals surface area contributed by atoms with Crippen LogP contribution in [0.5, 0.6) is 0 Å². The highest BCUT2D eigenvalue weighted by atomic mass is 16.6. The summed E-state index contributed by atoms with van der Waals surface area (Å²) in [5, 5.41) is 3.19. The van der Waals surface area contributed by atoms with Crippen molar-refractivity contribution < 1.29 is 14.3 Å². The lowest BCUT2D eigenvalue weighted by molar-refractivity contribution is -0.132. The van der Waals surface area contributed by atoms with Gasteiger partial charge in [-0.3, -0.25) is 4.79 Å². The number of hydrogen-bond acceptors (Lipinski definition) is 4. The Morgan fingerprint density at radius 2 is 2.14 bits per heavy atom. The first kappa shape index (κ1) is 9.33. The van der Waals surface area contributed by atoms with Crippen molar-refractivity contribution in [1.29, 1.82) is 0 Å². The molecule has 2 aliphatic rings. The van der Waals surface area contributed by atoms with Crippen LogP contribution in [0, 0.1) is 0 Å². The van der Waals surface area contributed by atoms with Crippen LogP contribution >= 0.6 is 0 Å². The molecule has 0 aliphatic carbocycles. The van der Waals surface area contributed by atoms with Crippen LogP contribution < -0.4 is 5.32 Å². The predicted octanol–water partition coefficient (Wildman–Crippen LogP) is -0.694. The topological polar surface area (TPSA) is 50.8 Å². The molecule has 1 amide bonds. The van der Waals surface area contributed by atoms with Crippen molar-refractivity contribution >= 4 is 5.91 Å². The van der Waals surface area contributed by atoms with Crippen LogP contribution in [-0.4, -0.2) is 50.2 Å². The molecular formula is C9H14N2O3. The molecule has 78 valence electrons. The van der Waals surface area contributed by atoms with Gasteiger partial charge in [-0.1, -0.05) is 0 Å². The smallest absolute Gasteiger partial charge is 0.292 e. The SMILES string of the molecule is O=C(C1=COCCO1)N1CCNCC1. The first-order chi connectivity index (χ1) is 6.88. The van der Waals surface area contributed by atoms with Crippen molar-refractivity contribution in [2.24, 2.45) is 0 Å². The van der Waals surface area contributed by atoms with Gasteiger partial charge in [0.2, 0.25) is 5.76 Å². The minimum Gasteiger partial charge on any atom is -0.494 e. The summed E-state index contributed by atoms with van der Waals surface area (Å²) in [6, 6.07) is 0. The molecule has 0 aromatic rings. The Bertz CT molecular complexity index is 246. The van der Waals surface area contributed by atoms with Gasteiger partial charge in [0, 0.05) is 26.2 Å². The summed E-state index contributed by atoms with van der Waals surface area (Å²) in [6.07, 6.45) is 1.41. The Kier molecular flexibility index (Phi) is 2.88. The molecule has 0 bridgehead atoms. The van der Waals surface area contributed by atoms with E-state index in [0.29, 0.717) is 19.0 Å². The summed E-state index contributed by atoms with van der Waals surface area (Å²) in [5.74, 6) is 0.268. The van der Waals surface area contributed by atoms with Crippen LogP contribution in [0.15, 0.2) is 12.0 Å². The Morgan fingerprint density at radius 3 is 2.79 bits per heavy atom. The molecule has 2 rings (SSSR count). The van der Waals surface area contributed by atoms with Gasteiger partial charge in [-0.2, -0.15) is 0 Å². The molecule has 14 heavy (non-hydrogen) atoms. The number of amides is 1. The molecule has 5 heteroatoms. The molecule has 0 aromatic carbocycles. The lowest BCUT2D eigenvalue weighted by Crippen LogP contribution is -2.47. The minimum atomic E-state index is -0.0637. The number of rotatable bonds is 1. The van der Waals surface area contributed by atoms with E-state index < -0.39 is 0 Å². The second kappa shape index (κ2) is 4.32. The van der Waals surface area contributed by atoms with E-state index in [9.17, 15) is 4.79 Å². The van der Waals surface area contributed by atoms with Crippen LogP contribution in [0.4, 0.5) is 0 Å². The van der Waals surface area contributed by atoms with Gasteiger partial charge in [0.1, 0.15) is 19.5 Å². The lowest BCUT2D eigenvalue weighted by atomic mass is 10.3. The van der Waals surface area contributed by atoms with E-state index >= 15 is 0 Å². The zero-order valence-electron chi connectivity index (χ0n) is 7.99. The highest BCUT2D eigenvalue weighted by molar-refractivity contribution is 5.91. The van der Waals surface area contributed by atoms with Crippen molar-refractivity contribution in [1.82, 2.24) is 10.2 Å². The van der Waals surface area contributed by atoms with Gasteiger partial charge in [0.15, 0.2) is 0 Å². The van der Waals surface area contributed by atoms with Gasteiger partial charge >= 0.3 is 0 Å². The Balaban J connectivity index is 1.95. The lowest BCUT2D eigenvalue weighted by Gasteiger charge is -2.28. The van der Waals surface area contributed by atoms with Crippen LogP contribution in [0.25, 0.3) is 0 Å². The van der Waals surface area contributed by atoms with Crippen molar-refractivity contribution in [3.8, 4) is 0 Å². The van der Waals surface area contributed by atoms with Gasteiger partial charge in [-0.25, -0.2) is 0 Å². The molecule has 0 unspecified atom stereocenters. The molecule has 0 radical (unpaired) electrons. The first-order valence-corrected chi connectivity index (χ1v) is 4.82. The van der Waals surface area contributed by atoms with Crippen molar-refractivity contribution in [2.45, 2.75) is 0 Å². The van der Waals surface area contributed by atoms with Crippen molar-refractivity contribution in [3.63, 3.8) is 0 Å². The van der Waals surface area contributed by atoms with Gasteiger partial charge in [-0.15, -0.1) is 0 Å². The standard InChI is InChI=1S/C9H14N2O3/c12-9(8-7-13-5-6-14-8)11-3-1-10-2-4-11/h7,10H,1-6H2. The molecule has 0 spiro atoms. The van der Waals surface area contributed by atoms with E-state index in [-0.39, 0.29) is 5.91 Å². The zero-order chi connectivity index (χ0) is 9.80. The number of hydrogen-bond donors (Lipinski definition) is 1. The quantitative estimate of drug-likeness (QED) is 0.605. The molecule has 2 heterocycles. The number of nitrogens with zero attached hydrogens (tertiary/aromatic N) is 1. The monoisotopic (exact) mass is 198 g/mol. The fourth-order valence-electron chi connectivity index (χ4n) is 1.50. The maximum Gasteiger partial charge on any atom is 0.292 e. The molecule has 0 aromatic heterocycles. The van der Waals surface area contributed by atoms with Gasteiger partial charge in [-0.05, 0) is 0 Å². The highest BCUT2D eigenvalue weighted by Gasteiger charge is 2.22. The first-order valence-electron chi connectivity index (χ1n) is 4.82. The fourth-order valence-corrected chi connectivity index (χ4v) is 1.50. The molecule has 2 aliphatic heterocycles. The minimum absolute atomic E-state index is 0.0637. The van der Waals surface area contributed by atoms with Crippen LogP contribution in [0.3, 0.4) is 0 Å². The van der Waals surface area contributed by atoms with Crippen LogP contribution in [-0.2, 0) is 14.3 Å². The predicted molar refractivity (Wildman–Crippen MR) is 49.4 cm³/mol. The largest absolute Gasteiger partial charge is 0.494 e. The van der Waals surface area contributed by atoms with Crippen molar-refractivity contribution in [2.75, 3.05) is 39.4 Å². The molecule has 5 nitrogen and oxygen atoms in total. The summed E-state index contributed by atoms with van der Waals surface area (Å²) in [4.78, 5) is 13.6. The third-order valence-corrected chi connectivity index (χ3v) is 2.26. The third-order valence-electron chi connectivity index (χ3n) is 2.26. The second-order valence-corrected chi connectivity index (χ2v) is 3.24. The molecule has 0 saturated carbocycles. The normalized spacial score (nSPS) is 22.0. The highest BCUT2D eigenvalue weighted by Crippen LogP contribution is 2.08. The van der Waals surface area contributed by atoms with E-state index in [2.05, 4.69) is 5.32 Å². The number of nitrogens with one attached hydrogen (secondary N) is 1. The van der Waals surface area contributed by atoms with Crippen LogP contribution in [0.1, 0.15) is 0 Å². The summed E-state index contributed by atoms with van der Waals surface area (Å²) < 4.78 is 10.3. The van der Waals surface area contributed by atoms with E-state index in [1.807, 2.05) is 0 Å². The van der Waals surface area contributed by atoms with E-state index in [4.69, 9.17) is 9.47 Å². The van der Waals surface area contributed by atoms with E-state index in [1.54, 1.807) is 4.90 Å². The number of carbonyl (C=O) groups is 1. The van der Waals surface area contributed by atoms with Crippen molar-refractivity contribution in [3.05, 3.63) is 12.0 Å². The summed E-state index contributed by atoms with van der Waals surface area (Å²) in [5.41, 5.74) is 0. The van der Waals surface area contributed by atoms with Gasteiger partial charge in [0.05, 0.1) is 0 Å². The Labute approximate surface area is 82.7 Å². The van der Waals surface area contributed by atoms with Gasteiger partial charge < -0.3 is 19.7 Å². The molecular weight excluding hydrogens is 184 g/mol.